The number of hydrogen-bond acceptors (Lipinski definition) is 10. The highest BCUT2D eigenvalue weighted by molar-refractivity contribution is 6.24. The Morgan fingerprint density at radius 2 is 1.78 bits per heavy atom. The van der Waals surface area contributed by atoms with E-state index < -0.39 is 69.7 Å². The number of anilines is 1. The molecule has 4 atom stereocenters. The van der Waals surface area contributed by atoms with Gasteiger partial charge in [0.25, 0.3) is 5.91 Å². The van der Waals surface area contributed by atoms with Crippen molar-refractivity contribution in [1.29, 1.82) is 0 Å². The largest absolute Gasteiger partial charge is 0.508 e. The van der Waals surface area contributed by atoms with Gasteiger partial charge in [-0.3, -0.25) is 24.1 Å². The minimum atomic E-state index is -2.70. The number of rotatable bonds is 5. The third kappa shape index (κ3) is 3.88. The van der Waals surface area contributed by atoms with Gasteiger partial charge in [-0.2, -0.15) is 0 Å². The van der Waals surface area contributed by atoms with E-state index in [0.717, 1.165) is 0 Å². The van der Waals surface area contributed by atoms with Crippen LogP contribution in [0.25, 0.3) is 5.76 Å². The van der Waals surface area contributed by atoms with E-state index in [4.69, 9.17) is 5.73 Å². The van der Waals surface area contributed by atoms with Gasteiger partial charge in [0.2, 0.25) is 11.7 Å². The first-order valence-corrected chi connectivity index (χ1v) is 11.7. The summed E-state index contributed by atoms with van der Waals surface area (Å²) < 4.78 is 0. The molecule has 12 nitrogen and oxygen atoms in total. The van der Waals surface area contributed by atoms with Gasteiger partial charge < -0.3 is 36.4 Å². The molecule has 2 amide bonds. The van der Waals surface area contributed by atoms with E-state index in [9.17, 15) is 39.6 Å². The average molecular weight is 515 g/mol. The third-order valence-electron chi connectivity index (χ3n) is 7.33. The zero-order chi connectivity index (χ0) is 27.6. The molecule has 7 N–H and O–H groups in total. The number of aromatic hydroxyl groups is 1. The Morgan fingerprint density at radius 3 is 2.35 bits per heavy atom. The quantitative estimate of drug-likeness (QED) is 0.220. The fourth-order valence-electron chi connectivity index (χ4n) is 5.80. The van der Waals surface area contributed by atoms with Gasteiger partial charge in [0, 0.05) is 11.5 Å². The number of phenolic OH excluding ortho intramolecular Hbond substituents is 1. The maximum atomic E-state index is 13.8. The summed E-state index contributed by atoms with van der Waals surface area (Å²) in [5.41, 5.74) is 1.93. The van der Waals surface area contributed by atoms with Crippen LogP contribution in [-0.2, 0) is 25.6 Å². The number of amides is 2. The zero-order valence-electron chi connectivity index (χ0n) is 20.9. The Bertz CT molecular complexity index is 1300. The first-order chi connectivity index (χ1) is 17.2. The number of nitrogens with zero attached hydrogens (tertiary/aromatic N) is 2. The Hall–Kier alpha value is -3.74. The number of primary amides is 1. The Balaban J connectivity index is 1.86. The summed E-state index contributed by atoms with van der Waals surface area (Å²) in [5.74, 6) is -7.61. The second kappa shape index (κ2) is 8.98. The van der Waals surface area contributed by atoms with Gasteiger partial charge in [-0.15, -0.1) is 0 Å². The average Bonchev–Trinajstić information content (AvgIpc) is 2.77. The van der Waals surface area contributed by atoms with Crippen molar-refractivity contribution in [3.8, 4) is 5.75 Å². The molecule has 1 fully saturated rings. The Labute approximate surface area is 212 Å². The summed E-state index contributed by atoms with van der Waals surface area (Å²) in [6.45, 7) is 0.0398. The van der Waals surface area contributed by atoms with Crippen molar-refractivity contribution in [2.45, 2.75) is 24.5 Å². The van der Waals surface area contributed by atoms with Crippen LogP contribution in [-0.4, -0.2) is 100.0 Å². The van der Waals surface area contributed by atoms with Crippen LogP contribution in [0.4, 0.5) is 5.69 Å². The summed E-state index contributed by atoms with van der Waals surface area (Å²) in [6, 6.07) is 1.96. The molecular formula is C25H30N4O8. The highest BCUT2D eigenvalue weighted by atomic mass is 16.3. The lowest BCUT2D eigenvalue weighted by atomic mass is 9.57. The fourth-order valence-corrected chi connectivity index (χ4v) is 5.80. The molecule has 37 heavy (non-hydrogen) atoms. The van der Waals surface area contributed by atoms with Crippen molar-refractivity contribution in [2.24, 2.45) is 17.6 Å². The molecule has 12 heteroatoms. The van der Waals surface area contributed by atoms with E-state index in [1.165, 1.54) is 25.1 Å². The number of aliphatic hydroxyl groups excluding tert-OH is 2. The number of aliphatic hydroxyl groups is 3. The SMILES string of the molecule is CN(C)CC(=O)Nc1ccc2c(c1O)C(O)=C1C(=O)[C@]3(O)C(O)=C(C(N)=O)C(=O)[C@@H](N(C)C)C3CC1C2. The van der Waals surface area contributed by atoms with Gasteiger partial charge in [-0.05, 0) is 58.6 Å². The topological polar surface area (TPSA) is 194 Å². The number of nitrogens with two attached hydrogens (primary N) is 1. The van der Waals surface area contributed by atoms with E-state index in [-0.39, 0.29) is 36.2 Å². The van der Waals surface area contributed by atoms with Crippen LogP contribution in [0, 0.1) is 11.8 Å². The van der Waals surface area contributed by atoms with Crippen LogP contribution in [0.15, 0.2) is 29.0 Å². The van der Waals surface area contributed by atoms with Gasteiger partial charge >= 0.3 is 0 Å². The highest BCUT2D eigenvalue weighted by Crippen LogP contribution is 2.53. The molecule has 4 rings (SSSR count). The molecule has 1 aromatic rings. The number of carbonyl (C=O) groups is 4. The van der Waals surface area contributed by atoms with Gasteiger partial charge in [0.05, 0.1) is 23.8 Å². The molecular weight excluding hydrogens is 484 g/mol. The second-order valence-electron chi connectivity index (χ2n) is 10.2. The molecule has 0 aliphatic heterocycles. The summed E-state index contributed by atoms with van der Waals surface area (Å²) >= 11 is 0. The smallest absolute Gasteiger partial charge is 0.255 e. The molecule has 198 valence electrons. The third-order valence-corrected chi connectivity index (χ3v) is 7.33. The first kappa shape index (κ1) is 26.3. The van der Waals surface area contributed by atoms with Crippen molar-refractivity contribution in [3.63, 3.8) is 0 Å². The number of fused-ring (bicyclic) bond motifs is 3. The predicted molar refractivity (Wildman–Crippen MR) is 131 cm³/mol. The number of hydrogen-bond donors (Lipinski definition) is 6. The monoisotopic (exact) mass is 514 g/mol. The van der Waals surface area contributed by atoms with Gasteiger partial charge in [-0.25, -0.2) is 0 Å². The molecule has 2 unspecified atom stereocenters. The normalized spacial score (nSPS) is 27.3. The lowest BCUT2D eigenvalue weighted by Gasteiger charge is -2.50. The first-order valence-electron chi connectivity index (χ1n) is 11.7. The summed E-state index contributed by atoms with van der Waals surface area (Å²) in [5, 5.41) is 47.1. The van der Waals surface area contributed by atoms with Crippen molar-refractivity contribution in [2.75, 3.05) is 40.1 Å². The fraction of sp³-hybridized carbons (Fsp3) is 0.440. The Morgan fingerprint density at radius 1 is 1.14 bits per heavy atom. The van der Waals surface area contributed by atoms with E-state index in [2.05, 4.69) is 5.32 Å². The molecule has 0 radical (unpaired) electrons. The number of Topliss-reactive ketones (excluding diaryl/α,β-unsaturated/α-hetero) is 2. The maximum Gasteiger partial charge on any atom is 0.255 e. The molecule has 0 bridgehead atoms. The van der Waals surface area contributed by atoms with Crippen molar-refractivity contribution < 1.29 is 39.6 Å². The van der Waals surface area contributed by atoms with E-state index in [1.54, 1.807) is 25.1 Å². The number of phenols is 1. The van der Waals surface area contributed by atoms with Crippen LogP contribution >= 0.6 is 0 Å². The van der Waals surface area contributed by atoms with Crippen LogP contribution in [0.2, 0.25) is 0 Å². The minimum absolute atomic E-state index is 0.00778. The van der Waals surface area contributed by atoms with Gasteiger partial charge in [0.15, 0.2) is 11.4 Å². The lowest BCUT2D eigenvalue weighted by Crippen LogP contribution is -2.65. The summed E-state index contributed by atoms with van der Waals surface area (Å²) in [7, 11) is 6.47. The van der Waals surface area contributed by atoms with Gasteiger partial charge in [-0.1, -0.05) is 6.07 Å². The van der Waals surface area contributed by atoms with Crippen LogP contribution in [0.1, 0.15) is 17.5 Å². The summed E-state index contributed by atoms with van der Waals surface area (Å²) in [4.78, 5) is 54.2. The second-order valence-corrected chi connectivity index (χ2v) is 10.2. The number of ketones is 2. The highest BCUT2D eigenvalue weighted by Gasteiger charge is 2.64. The van der Waals surface area contributed by atoms with E-state index in [1.807, 2.05) is 0 Å². The van der Waals surface area contributed by atoms with Crippen LogP contribution in [0.5, 0.6) is 5.75 Å². The molecule has 0 heterocycles. The molecule has 1 aromatic carbocycles. The van der Waals surface area contributed by atoms with Gasteiger partial charge in [0.1, 0.15) is 22.8 Å². The number of carbonyl (C=O) groups excluding carboxylic acids is 4. The van der Waals surface area contributed by atoms with Crippen LogP contribution in [0.3, 0.4) is 0 Å². The van der Waals surface area contributed by atoms with E-state index >= 15 is 0 Å². The number of likely N-dealkylation sites (N-methyl/N-ethyl adjacent to an activating group) is 2. The van der Waals surface area contributed by atoms with Crippen molar-refractivity contribution in [3.05, 3.63) is 40.2 Å². The van der Waals surface area contributed by atoms with Crippen molar-refractivity contribution in [1.82, 2.24) is 9.80 Å². The standard InChI is InChI=1S/C25H30N4O8/c1-28(2)9-14(30)27-13-6-5-10-7-11-8-12-18(29(3)4)21(33)17(24(26)36)23(35)25(12,37)22(34)16(11)20(32)15(10)19(13)31/h5-6,11-12,18,31-32,35,37H,7-9H2,1-4H3,(H2,26,36)(H,27,30)/t11?,12?,18-,25-/m0/s1. The molecule has 3 aliphatic rings. The lowest BCUT2D eigenvalue weighted by molar-refractivity contribution is -0.153. The van der Waals surface area contributed by atoms with Crippen molar-refractivity contribution >= 4 is 34.8 Å². The summed E-state index contributed by atoms with van der Waals surface area (Å²) in [6.07, 6.45) is 0.182. The molecule has 1 saturated carbocycles. The number of benzene rings is 1. The number of nitrogens with one attached hydrogen (secondary N) is 1. The molecule has 0 aromatic heterocycles. The molecule has 0 spiro atoms. The molecule has 3 aliphatic carbocycles. The van der Waals surface area contributed by atoms with E-state index in [0.29, 0.717) is 5.56 Å². The maximum absolute atomic E-state index is 13.8. The minimum Gasteiger partial charge on any atom is -0.508 e. The Kier molecular flexibility index (Phi) is 6.39. The van der Waals surface area contributed by atoms with Crippen LogP contribution < -0.4 is 11.1 Å². The molecule has 0 saturated heterocycles. The zero-order valence-corrected chi connectivity index (χ0v) is 20.9. The predicted octanol–water partition coefficient (Wildman–Crippen LogP) is -0.536.